The molecular formula is C52H59F6N10NaO6. The third-order valence-electron chi connectivity index (χ3n) is 10.2. The molecule has 0 amide bonds. The van der Waals surface area contributed by atoms with Gasteiger partial charge in [0, 0.05) is 61.4 Å². The smallest absolute Gasteiger partial charge is 1.00 e. The van der Waals surface area contributed by atoms with Crippen molar-refractivity contribution in [2.75, 3.05) is 61.6 Å². The van der Waals surface area contributed by atoms with Crippen LogP contribution in [0, 0.1) is 42.9 Å². The minimum Gasteiger partial charge on any atom is -1.00 e. The van der Waals surface area contributed by atoms with Gasteiger partial charge < -0.3 is 30.1 Å². The molecule has 0 atom stereocenters. The third-order valence-corrected chi connectivity index (χ3v) is 10.2. The Labute approximate surface area is 454 Å². The van der Waals surface area contributed by atoms with Crippen molar-refractivity contribution in [1.82, 2.24) is 49.6 Å². The molecule has 4 aromatic heterocycles. The van der Waals surface area contributed by atoms with E-state index in [4.69, 9.17) is 20.3 Å². The van der Waals surface area contributed by atoms with Gasteiger partial charge in [0.25, 0.3) is 11.1 Å². The number of hydrogen-bond acceptors (Lipinski definition) is 14. The standard InChI is InChI=1S/C25H25F2N5O3.C20H13F3N4O2.C5H13NO.CH3F.CH4.Na.H/c1-16-28-25(30-35-16)18-7-4-6-17(12-18)15-32-23(33)9-8-22(29-32)19-13-20(26)24(21(27)14-19)34-11-5-10-31(2)3;1-11-24-20(26-29-11)13-4-2-3-12(7-13)10-27-18(28)6-5-17(25-27)14-8-15(21)19(23)16(22)9-14;1-6(2)4-3-5-7;1-2;;;/h4,6-9,12-14H,5,10-11,15H2,1-3H3;2-9H,10H2,1H3;7H,3-5H2,1-2H3;1H3;1H4;;/q;;;;;+1;-1/i;;;1D;;;. The minimum atomic E-state index is -1.56. The van der Waals surface area contributed by atoms with Crippen LogP contribution >= 0.6 is 0 Å². The molecule has 0 aliphatic heterocycles. The number of aryl methyl sites for hydroxylation is 2. The average Bonchev–Trinajstić information content (AvgIpc) is 4.02. The third kappa shape index (κ3) is 18.5. The number of aromatic nitrogens is 8. The van der Waals surface area contributed by atoms with E-state index in [1.165, 1.54) is 28.9 Å². The molecule has 8 aromatic rings. The Balaban J connectivity index is 0.000000438. The molecule has 4 heterocycles. The Bertz CT molecular complexity index is 3170. The normalized spacial score (nSPS) is 10.7. The number of ether oxygens (including phenoxy) is 1. The fourth-order valence-corrected chi connectivity index (χ4v) is 6.72. The molecule has 0 saturated carbocycles. The molecule has 75 heavy (non-hydrogen) atoms. The maximum Gasteiger partial charge on any atom is 1.00 e. The van der Waals surface area contributed by atoms with Gasteiger partial charge in [0.2, 0.25) is 23.4 Å². The van der Waals surface area contributed by atoms with Gasteiger partial charge in [-0.25, -0.2) is 31.3 Å². The van der Waals surface area contributed by atoms with E-state index in [0.29, 0.717) is 42.0 Å². The van der Waals surface area contributed by atoms with Gasteiger partial charge in [-0.2, -0.15) is 20.2 Å². The van der Waals surface area contributed by atoms with E-state index in [-0.39, 0.29) is 86.2 Å². The van der Waals surface area contributed by atoms with Crippen LogP contribution in [0.2, 0.25) is 0 Å². The zero-order chi connectivity index (χ0) is 53.9. The van der Waals surface area contributed by atoms with Crippen LogP contribution in [0.15, 0.2) is 116 Å². The monoisotopic (exact) mass is 1060 g/mol. The quantitative estimate of drug-likeness (QED) is 0.0520. The van der Waals surface area contributed by atoms with Gasteiger partial charge in [-0.1, -0.05) is 54.1 Å². The maximum absolute atomic E-state index is 14.6. The largest absolute Gasteiger partial charge is 1.00 e. The second-order valence-electron chi connectivity index (χ2n) is 16.5. The van der Waals surface area contributed by atoms with E-state index in [1.807, 2.05) is 57.4 Å². The van der Waals surface area contributed by atoms with Crippen molar-refractivity contribution in [3.63, 3.8) is 0 Å². The molecule has 1 N–H and O–H groups in total. The Kier molecular flexibility index (Phi) is 24.7. The second kappa shape index (κ2) is 30.5. The first-order valence-corrected chi connectivity index (χ1v) is 22.4. The van der Waals surface area contributed by atoms with Crippen LogP contribution in [0.25, 0.3) is 45.3 Å². The SMILES string of the molecule is C.CN(C)CCCO.Cc1nc(-c2cccc(Cn3nc(-c4cc(F)c(F)c(F)c4)ccc3=O)c2)no1.Cc1nc(-c2cccc(Cn3nc(-c4cc(F)c(OCCCN(C)C)c(F)c4)ccc3=O)c2)no1.[2H]CF.[H-].[Na+]. The van der Waals surface area contributed by atoms with Gasteiger partial charge in [-0.05, 0) is 107 Å². The molecule has 0 saturated heterocycles. The molecule has 0 bridgehead atoms. The summed E-state index contributed by atoms with van der Waals surface area (Å²) in [5.74, 6) is -4.57. The van der Waals surface area contributed by atoms with Crippen LogP contribution in [0.5, 0.6) is 5.75 Å². The van der Waals surface area contributed by atoms with Crippen LogP contribution in [-0.2, 0) is 13.1 Å². The van der Waals surface area contributed by atoms with Crippen molar-refractivity contribution in [3.8, 4) is 51.0 Å². The Morgan fingerprint density at radius 1 is 0.640 bits per heavy atom. The molecule has 396 valence electrons. The minimum absolute atomic E-state index is 0. The summed E-state index contributed by atoms with van der Waals surface area (Å²) >= 11 is 0. The molecule has 4 aromatic carbocycles. The van der Waals surface area contributed by atoms with E-state index >= 15 is 0 Å². The fraction of sp³-hybridized carbons (Fsp3) is 0.308. The summed E-state index contributed by atoms with van der Waals surface area (Å²) < 4.78 is 103. The van der Waals surface area contributed by atoms with E-state index < -0.39 is 47.5 Å². The topological polar surface area (TPSA) is 184 Å². The molecule has 0 radical (unpaired) electrons. The Hall–Kier alpha value is -6.82. The first-order chi connectivity index (χ1) is 35.4. The number of aliphatic hydroxyl groups excluding tert-OH is 1. The Morgan fingerprint density at radius 3 is 1.43 bits per heavy atom. The second-order valence-corrected chi connectivity index (χ2v) is 16.5. The number of benzene rings is 4. The van der Waals surface area contributed by atoms with Crippen molar-refractivity contribution >= 4 is 0 Å². The molecule has 23 heteroatoms. The summed E-state index contributed by atoms with van der Waals surface area (Å²) in [5.41, 5.74) is 2.79. The van der Waals surface area contributed by atoms with Gasteiger partial charge in [0.05, 0.1) is 39.6 Å². The van der Waals surface area contributed by atoms with E-state index in [9.17, 15) is 35.9 Å². The summed E-state index contributed by atoms with van der Waals surface area (Å²) in [4.78, 5) is 37.0. The molecule has 0 fully saturated rings. The van der Waals surface area contributed by atoms with Crippen molar-refractivity contribution < 1.29 is 77.6 Å². The van der Waals surface area contributed by atoms with Crippen LogP contribution in [0.1, 0.15) is 46.0 Å². The number of nitrogens with zero attached hydrogens (tertiary/aromatic N) is 10. The van der Waals surface area contributed by atoms with Crippen molar-refractivity contribution in [2.24, 2.45) is 0 Å². The number of alkyl halides is 1. The fourth-order valence-electron chi connectivity index (χ4n) is 6.72. The summed E-state index contributed by atoms with van der Waals surface area (Å²) in [6.45, 7) is 5.84. The van der Waals surface area contributed by atoms with Gasteiger partial charge in [-0.15, -0.1) is 0 Å². The van der Waals surface area contributed by atoms with Crippen LogP contribution < -0.4 is 45.4 Å². The maximum atomic E-state index is 14.6. The average molecular weight is 1060 g/mol. The van der Waals surface area contributed by atoms with E-state index in [1.54, 1.807) is 38.1 Å². The number of halogens is 6. The van der Waals surface area contributed by atoms with Crippen LogP contribution in [0.3, 0.4) is 0 Å². The number of rotatable bonds is 16. The molecule has 0 unspecified atom stereocenters. The summed E-state index contributed by atoms with van der Waals surface area (Å²) in [5, 5.41) is 24.5. The first-order valence-electron chi connectivity index (χ1n) is 23.1. The van der Waals surface area contributed by atoms with Gasteiger partial charge in [0.1, 0.15) is 0 Å². The van der Waals surface area contributed by atoms with Crippen molar-refractivity contribution in [3.05, 3.63) is 170 Å². The molecule has 0 aliphatic carbocycles. The zero-order valence-electron chi connectivity index (χ0n) is 43.8. The van der Waals surface area contributed by atoms with Crippen LogP contribution in [-0.4, -0.2) is 116 Å². The van der Waals surface area contributed by atoms with Gasteiger partial charge in [0.15, 0.2) is 34.8 Å². The molecule has 0 aliphatic rings. The molecule has 8 rings (SSSR count). The predicted octanol–water partition coefficient (Wildman–Crippen LogP) is 5.93. The van der Waals surface area contributed by atoms with Gasteiger partial charge in [-0.3, -0.25) is 14.0 Å². The molecular weight excluding hydrogens is 998 g/mol. The summed E-state index contributed by atoms with van der Waals surface area (Å²) in [6, 6.07) is 23.7. The predicted molar refractivity (Wildman–Crippen MR) is 269 cm³/mol. The first kappa shape index (κ1) is 60.7. The number of hydrogen-bond donors (Lipinski definition) is 1. The summed E-state index contributed by atoms with van der Waals surface area (Å²) in [7, 11) is 6.81. The van der Waals surface area contributed by atoms with Crippen molar-refractivity contribution in [1.29, 1.82) is 0 Å². The molecule has 16 nitrogen and oxygen atoms in total. The molecule has 0 spiro atoms. The number of aliphatic hydroxyl groups is 1. The van der Waals surface area contributed by atoms with Crippen LogP contribution in [0.4, 0.5) is 26.3 Å². The van der Waals surface area contributed by atoms with E-state index in [2.05, 4.69) is 35.4 Å². The van der Waals surface area contributed by atoms with E-state index in [0.717, 1.165) is 65.1 Å². The Morgan fingerprint density at radius 2 is 1.05 bits per heavy atom. The van der Waals surface area contributed by atoms with Gasteiger partial charge >= 0.3 is 29.6 Å². The summed E-state index contributed by atoms with van der Waals surface area (Å²) in [6.07, 6.45) is 1.51. The van der Waals surface area contributed by atoms with Crippen molar-refractivity contribution in [2.45, 2.75) is 47.2 Å². The zero-order valence-corrected chi connectivity index (χ0v) is 43.8.